The second-order valence-corrected chi connectivity index (χ2v) is 5.76. The lowest BCUT2D eigenvalue weighted by Crippen LogP contribution is -2.50. The first kappa shape index (κ1) is 12.3. The third-order valence-corrected chi connectivity index (χ3v) is 4.41. The normalized spacial score (nSPS) is 30.0. The van der Waals surface area contributed by atoms with Crippen molar-refractivity contribution >= 4 is 0 Å². The average Bonchev–Trinajstić information content (AvgIpc) is 2.25. The molecule has 1 unspecified atom stereocenters. The zero-order valence-electron chi connectivity index (χ0n) is 10.6. The Morgan fingerprint density at radius 3 is 2.75 bits per heavy atom. The fourth-order valence-electron chi connectivity index (χ4n) is 3.24. The van der Waals surface area contributed by atoms with Gasteiger partial charge in [-0.05, 0) is 50.1 Å². The van der Waals surface area contributed by atoms with E-state index >= 15 is 0 Å². The molecule has 2 rings (SSSR count). The lowest BCUT2D eigenvalue weighted by molar-refractivity contribution is 0.0330. The smallest absolute Gasteiger partial charge is 0.0502 e. The zero-order chi connectivity index (χ0) is 11.4. The Balaban J connectivity index is 1.80. The molecule has 0 aromatic heterocycles. The van der Waals surface area contributed by atoms with E-state index in [-0.39, 0.29) is 0 Å². The maximum atomic E-state index is 5.93. The standard InChI is InChI=1S/C13H26N2O/c1-16-9-12-4-2-7-15(8-12)11-13(10-14)5-3-6-13/h12H,2-11,14H2,1H3. The van der Waals surface area contributed by atoms with Gasteiger partial charge in [0.15, 0.2) is 0 Å². The van der Waals surface area contributed by atoms with Gasteiger partial charge in [-0.3, -0.25) is 0 Å². The van der Waals surface area contributed by atoms with E-state index in [4.69, 9.17) is 10.5 Å². The van der Waals surface area contributed by atoms with Crippen LogP contribution >= 0.6 is 0 Å². The molecule has 0 aromatic carbocycles. The van der Waals surface area contributed by atoms with E-state index in [9.17, 15) is 0 Å². The molecule has 3 nitrogen and oxygen atoms in total. The summed E-state index contributed by atoms with van der Waals surface area (Å²) in [6.45, 7) is 5.51. The molecule has 0 amide bonds. The van der Waals surface area contributed by atoms with Crippen LogP contribution in [0.5, 0.6) is 0 Å². The summed E-state index contributed by atoms with van der Waals surface area (Å²) in [5.41, 5.74) is 6.40. The lowest BCUT2D eigenvalue weighted by atomic mass is 9.68. The summed E-state index contributed by atoms with van der Waals surface area (Å²) in [6.07, 6.45) is 6.73. The number of methoxy groups -OCH3 is 1. The molecule has 2 fully saturated rings. The molecule has 1 saturated carbocycles. The molecule has 3 heteroatoms. The molecule has 1 aliphatic carbocycles. The first-order valence-corrected chi connectivity index (χ1v) is 6.69. The first-order valence-electron chi connectivity index (χ1n) is 6.69. The number of nitrogens with zero attached hydrogens (tertiary/aromatic N) is 1. The van der Waals surface area contributed by atoms with Crippen LogP contribution in [0.3, 0.4) is 0 Å². The van der Waals surface area contributed by atoms with Crippen LogP contribution in [0.15, 0.2) is 0 Å². The van der Waals surface area contributed by atoms with Gasteiger partial charge in [-0.2, -0.15) is 0 Å². The molecule has 1 aliphatic heterocycles. The quantitative estimate of drug-likeness (QED) is 0.771. The van der Waals surface area contributed by atoms with E-state index in [1.807, 2.05) is 7.11 Å². The molecule has 16 heavy (non-hydrogen) atoms. The predicted octanol–water partition coefficient (Wildman–Crippen LogP) is 1.47. The van der Waals surface area contributed by atoms with Gasteiger partial charge < -0.3 is 15.4 Å². The van der Waals surface area contributed by atoms with Gasteiger partial charge in [-0.1, -0.05) is 6.42 Å². The van der Waals surface area contributed by atoms with Crippen molar-refractivity contribution in [2.75, 3.05) is 39.9 Å². The monoisotopic (exact) mass is 226 g/mol. The number of ether oxygens (including phenoxy) is 1. The molecule has 1 heterocycles. The van der Waals surface area contributed by atoms with Crippen molar-refractivity contribution in [1.82, 2.24) is 4.90 Å². The van der Waals surface area contributed by atoms with Gasteiger partial charge in [0.1, 0.15) is 0 Å². The van der Waals surface area contributed by atoms with Crippen molar-refractivity contribution in [3.05, 3.63) is 0 Å². The third kappa shape index (κ3) is 2.76. The van der Waals surface area contributed by atoms with Crippen LogP contribution in [-0.4, -0.2) is 44.8 Å². The molecule has 1 atom stereocenters. The minimum atomic E-state index is 0.467. The molecular formula is C13H26N2O. The van der Waals surface area contributed by atoms with Crippen molar-refractivity contribution in [2.24, 2.45) is 17.1 Å². The van der Waals surface area contributed by atoms with Crippen molar-refractivity contribution in [3.63, 3.8) is 0 Å². The average molecular weight is 226 g/mol. The van der Waals surface area contributed by atoms with E-state index < -0.39 is 0 Å². The van der Waals surface area contributed by atoms with Gasteiger partial charge in [0.05, 0.1) is 6.61 Å². The topological polar surface area (TPSA) is 38.5 Å². The van der Waals surface area contributed by atoms with Crippen molar-refractivity contribution in [3.8, 4) is 0 Å². The van der Waals surface area contributed by atoms with E-state index in [1.54, 1.807) is 0 Å². The number of hydrogen-bond donors (Lipinski definition) is 1. The lowest BCUT2D eigenvalue weighted by Gasteiger charge is -2.46. The van der Waals surface area contributed by atoms with E-state index in [0.29, 0.717) is 5.41 Å². The molecule has 0 radical (unpaired) electrons. The number of piperidine rings is 1. The van der Waals surface area contributed by atoms with Crippen LogP contribution in [0.25, 0.3) is 0 Å². The highest BCUT2D eigenvalue weighted by Gasteiger charge is 2.37. The van der Waals surface area contributed by atoms with Crippen molar-refractivity contribution in [1.29, 1.82) is 0 Å². The first-order chi connectivity index (χ1) is 7.78. The van der Waals surface area contributed by atoms with Gasteiger partial charge >= 0.3 is 0 Å². The highest BCUT2D eigenvalue weighted by molar-refractivity contribution is 4.92. The highest BCUT2D eigenvalue weighted by atomic mass is 16.5. The summed E-state index contributed by atoms with van der Waals surface area (Å²) in [7, 11) is 1.81. The maximum Gasteiger partial charge on any atom is 0.0502 e. The molecule has 94 valence electrons. The maximum absolute atomic E-state index is 5.93. The second kappa shape index (κ2) is 5.48. The summed E-state index contributed by atoms with van der Waals surface area (Å²) < 4.78 is 5.28. The van der Waals surface area contributed by atoms with Crippen molar-refractivity contribution < 1.29 is 4.74 Å². The Morgan fingerprint density at radius 1 is 1.38 bits per heavy atom. The van der Waals surface area contributed by atoms with Crippen LogP contribution in [0.4, 0.5) is 0 Å². The van der Waals surface area contributed by atoms with Gasteiger partial charge in [0.2, 0.25) is 0 Å². The fourth-order valence-corrected chi connectivity index (χ4v) is 3.24. The summed E-state index contributed by atoms with van der Waals surface area (Å²) >= 11 is 0. The molecule has 2 N–H and O–H groups in total. The number of nitrogens with two attached hydrogens (primary N) is 1. The van der Waals surface area contributed by atoms with Crippen LogP contribution in [0.1, 0.15) is 32.1 Å². The van der Waals surface area contributed by atoms with Crippen LogP contribution < -0.4 is 5.73 Å². The highest BCUT2D eigenvalue weighted by Crippen LogP contribution is 2.41. The third-order valence-electron chi connectivity index (χ3n) is 4.41. The molecule has 2 aliphatic rings. The Bertz CT molecular complexity index is 208. The zero-order valence-corrected chi connectivity index (χ0v) is 10.6. The van der Waals surface area contributed by atoms with E-state index in [1.165, 1.54) is 51.7 Å². The largest absolute Gasteiger partial charge is 0.384 e. The summed E-state index contributed by atoms with van der Waals surface area (Å²) in [4.78, 5) is 2.62. The van der Waals surface area contributed by atoms with Gasteiger partial charge in [-0.15, -0.1) is 0 Å². The van der Waals surface area contributed by atoms with Gasteiger partial charge in [0.25, 0.3) is 0 Å². The second-order valence-electron chi connectivity index (χ2n) is 5.76. The summed E-state index contributed by atoms with van der Waals surface area (Å²) in [6, 6.07) is 0. The van der Waals surface area contributed by atoms with Crippen LogP contribution in [0.2, 0.25) is 0 Å². The Kier molecular flexibility index (Phi) is 4.22. The minimum Gasteiger partial charge on any atom is -0.384 e. The Morgan fingerprint density at radius 2 is 2.19 bits per heavy atom. The van der Waals surface area contributed by atoms with Crippen LogP contribution in [-0.2, 0) is 4.74 Å². The minimum absolute atomic E-state index is 0.467. The van der Waals surface area contributed by atoms with Crippen molar-refractivity contribution in [2.45, 2.75) is 32.1 Å². The molecule has 0 bridgehead atoms. The molecular weight excluding hydrogens is 200 g/mol. The van der Waals surface area contributed by atoms with E-state index in [2.05, 4.69) is 4.90 Å². The number of rotatable bonds is 5. The molecule has 1 saturated heterocycles. The molecule has 0 aromatic rings. The van der Waals surface area contributed by atoms with Gasteiger partial charge in [0, 0.05) is 20.2 Å². The van der Waals surface area contributed by atoms with Gasteiger partial charge in [-0.25, -0.2) is 0 Å². The van der Waals surface area contributed by atoms with E-state index in [0.717, 1.165) is 19.1 Å². The summed E-state index contributed by atoms with van der Waals surface area (Å²) in [5.74, 6) is 0.744. The summed E-state index contributed by atoms with van der Waals surface area (Å²) in [5, 5.41) is 0. The number of hydrogen-bond acceptors (Lipinski definition) is 3. The SMILES string of the molecule is COCC1CCCN(CC2(CN)CCC2)C1. The Labute approximate surface area is 99.3 Å². The number of likely N-dealkylation sites (tertiary alicyclic amines) is 1. The fraction of sp³-hybridized carbons (Fsp3) is 1.00. The predicted molar refractivity (Wildman–Crippen MR) is 66.4 cm³/mol. The molecule has 0 spiro atoms. The van der Waals surface area contributed by atoms with Crippen LogP contribution in [0, 0.1) is 11.3 Å². The Hall–Kier alpha value is -0.120.